The number of rotatable bonds is 4. The molecule has 0 N–H and O–H groups in total. The van der Waals surface area contributed by atoms with Crippen LogP contribution in [0.4, 0.5) is 0 Å². The normalized spacial score (nSPS) is 24.4. The predicted octanol–water partition coefficient (Wildman–Crippen LogP) is -0.355. The van der Waals surface area contributed by atoms with E-state index >= 15 is 0 Å². The molecule has 0 aliphatic carbocycles. The number of likely N-dealkylation sites (N-methyl/N-ethyl adjacent to an activating group) is 1. The zero-order chi connectivity index (χ0) is 14.5. The number of amides is 2. The molecule has 0 bridgehead atoms. The van der Waals surface area contributed by atoms with E-state index in [1.54, 1.807) is 0 Å². The summed E-state index contributed by atoms with van der Waals surface area (Å²) in [4.78, 5) is 30.2. The molecule has 2 fully saturated rings. The summed E-state index contributed by atoms with van der Waals surface area (Å²) in [6, 6.07) is 0. The summed E-state index contributed by atoms with van der Waals surface area (Å²) in [6.07, 6.45) is 1.25. The Morgan fingerprint density at radius 3 is 2.80 bits per heavy atom. The van der Waals surface area contributed by atoms with Crippen molar-refractivity contribution in [3.8, 4) is 0 Å². The van der Waals surface area contributed by atoms with Crippen LogP contribution in [0.5, 0.6) is 0 Å². The first-order valence-corrected chi connectivity index (χ1v) is 7.37. The number of ether oxygens (including phenoxy) is 1. The molecule has 0 spiro atoms. The second-order valence-corrected chi connectivity index (χ2v) is 5.82. The number of carbonyl (C=O) groups excluding carboxylic acids is 2. The zero-order valence-corrected chi connectivity index (χ0v) is 12.5. The molecule has 2 rings (SSSR count). The molecule has 0 aromatic carbocycles. The van der Waals surface area contributed by atoms with Crippen molar-refractivity contribution in [1.29, 1.82) is 0 Å². The molecule has 2 saturated heterocycles. The SMILES string of the molecule is CN(C)CCN1CCN(C(=O)C2CCOC2)CCC1=O. The fraction of sp³-hybridized carbons (Fsp3) is 0.857. The molecule has 0 radical (unpaired) electrons. The van der Waals surface area contributed by atoms with Crippen molar-refractivity contribution < 1.29 is 14.3 Å². The first kappa shape index (κ1) is 15.3. The monoisotopic (exact) mass is 283 g/mol. The average molecular weight is 283 g/mol. The van der Waals surface area contributed by atoms with Crippen LogP contribution in [0, 0.1) is 5.92 Å². The van der Waals surface area contributed by atoms with Crippen molar-refractivity contribution in [2.75, 3.05) is 60.0 Å². The Bertz CT molecular complexity index is 354. The van der Waals surface area contributed by atoms with Gasteiger partial charge in [-0.05, 0) is 20.5 Å². The lowest BCUT2D eigenvalue weighted by Gasteiger charge is -2.24. The van der Waals surface area contributed by atoms with E-state index in [1.165, 1.54) is 0 Å². The third kappa shape index (κ3) is 3.93. The van der Waals surface area contributed by atoms with Gasteiger partial charge in [-0.15, -0.1) is 0 Å². The minimum atomic E-state index is -0.00146. The molecule has 114 valence electrons. The molecule has 0 aromatic heterocycles. The number of hydrogen-bond donors (Lipinski definition) is 0. The molecule has 6 nitrogen and oxygen atoms in total. The summed E-state index contributed by atoms with van der Waals surface area (Å²) in [5.74, 6) is 0.313. The van der Waals surface area contributed by atoms with E-state index in [-0.39, 0.29) is 17.7 Å². The van der Waals surface area contributed by atoms with Gasteiger partial charge in [0.2, 0.25) is 11.8 Å². The van der Waals surface area contributed by atoms with E-state index in [4.69, 9.17) is 4.74 Å². The van der Waals surface area contributed by atoms with Gasteiger partial charge in [-0.25, -0.2) is 0 Å². The van der Waals surface area contributed by atoms with E-state index in [0.29, 0.717) is 39.3 Å². The largest absolute Gasteiger partial charge is 0.381 e. The summed E-state index contributed by atoms with van der Waals surface area (Å²) in [5, 5.41) is 0. The average Bonchev–Trinajstić information content (AvgIpc) is 2.88. The van der Waals surface area contributed by atoms with E-state index < -0.39 is 0 Å². The lowest BCUT2D eigenvalue weighted by Crippen LogP contribution is -2.40. The molecular formula is C14H25N3O3. The lowest BCUT2D eigenvalue weighted by atomic mass is 10.1. The van der Waals surface area contributed by atoms with Crippen molar-refractivity contribution in [2.45, 2.75) is 12.8 Å². The highest BCUT2D eigenvalue weighted by Gasteiger charge is 2.30. The molecule has 2 aliphatic rings. The molecular weight excluding hydrogens is 258 g/mol. The fourth-order valence-corrected chi connectivity index (χ4v) is 2.63. The molecule has 2 amide bonds. The molecule has 2 heterocycles. The van der Waals surface area contributed by atoms with E-state index in [1.807, 2.05) is 23.9 Å². The third-order valence-electron chi connectivity index (χ3n) is 4.00. The molecule has 1 atom stereocenters. The van der Waals surface area contributed by atoms with Gasteiger partial charge in [-0.1, -0.05) is 0 Å². The molecule has 6 heteroatoms. The Balaban J connectivity index is 1.86. The van der Waals surface area contributed by atoms with Gasteiger partial charge >= 0.3 is 0 Å². The van der Waals surface area contributed by atoms with Crippen molar-refractivity contribution in [2.24, 2.45) is 5.92 Å². The maximum atomic E-state index is 12.3. The standard InChI is InChI=1S/C14H25N3O3/c1-15(2)6-7-16-8-9-17(5-3-13(16)18)14(19)12-4-10-20-11-12/h12H,3-11H2,1-2H3. The van der Waals surface area contributed by atoms with Crippen LogP contribution in [-0.2, 0) is 14.3 Å². The summed E-state index contributed by atoms with van der Waals surface area (Å²) < 4.78 is 5.28. The molecule has 0 saturated carbocycles. The van der Waals surface area contributed by atoms with Crippen LogP contribution in [0.2, 0.25) is 0 Å². The summed E-state index contributed by atoms with van der Waals surface area (Å²) in [7, 11) is 4.00. The Hall–Kier alpha value is -1.14. The highest BCUT2D eigenvalue weighted by Crippen LogP contribution is 2.17. The molecule has 2 aliphatic heterocycles. The van der Waals surface area contributed by atoms with Crippen LogP contribution >= 0.6 is 0 Å². The molecule has 1 unspecified atom stereocenters. The van der Waals surface area contributed by atoms with Gasteiger partial charge in [-0.2, -0.15) is 0 Å². The van der Waals surface area contributed by atoms with Gasteiger partial charge in [0.05, 0.1) is 12.5 Å². The van der Waals surface area contributed by atoms with Crippen LogP contribution in [-0.4, -0.2) is 86.5 Å². The maximum Gasteiger partial charge on any atom is 0.228 e. The van der Waals surface area contributed by atoms with Crippen molar-refractivity contribution >= 4 is 11.8 Å². The van der Waals surface area contributed by atoms with Crippen molar-refractivity contribution in [3.05, 3.63) is 0 Å². The summed E-state index contributed by atoms with van der Waals surface area (Å²) in [5.41, 5.74) is 0. The van der Waals surface area contributed by atoms with Gasteiger partial charge in [0.25, 0.3) is 0 Å². The zero-order valence-electron chi connectivity index (χ0n) is 12.5. The lowest BCUT2D eigenvalue weighted by molar-refractivity contribution is -0.135. The Labute approximate surface area is 120 Å². The second kappa shape index (κ2) is 7.04. The van der Waals surface area contributed by atoms with Gasteiger partial charge < -0.3 is 19.4 Å². The quantitative estimate of drug-likeness (QED) is 0.707. The Kier molecular flexibility index (Phi) is 5.37. The van der Waals surface area contributed by atoms with Crippen LogP contribution < -0.4 is 0 Å². The summed E-state index contributed by atoms with van der Waals surface area (Å²) >= 11 is 0. The fourth-order valence-electron chi connectivity index (χ4n) is 2.63. The third-order valence-corrected chi connectivity index (χ3v) is 4.00. The van der Waals surface area contributed by atoms with E-state index in [0.717, 1.165) is 19.5 Å². The Morgan fingerprint density at radius 2 is 2.15 bits per heavy atom. The van der Waals surface area contributed by atoms with Crippen LogP contribution in [0.15, 0.2) is 0 Å². The number of hydrogen-bond acceptors (Lipinski definition) is 4. The number of nitrogens with zero attached hydrogens (tertiary/aromatic N) is 3. The first-order chi connectivity index (χ1) is 9.58. The maximum absolute atomic E-state index is 12.3. The van der Waals surface area contributed by atoms with Crippen LogP contribution in [0.1, 0.15) is 12.8 Å². The molecule has 0 aromatic rings. The van der Waals surface area contributed by atoms with E-state index in [9.17, 15) is 9.59 Å². The summed E-state index contributed by atoms with van der Waals surface area (Å²) in [6.45, 7) is 4.65. The minimum Gasteiger partial charge on any atom is -0.381 e. The topological polar surface area (TPSA) is 53.1 Å². The predicted molar refractivity (Wildman–Crippen MR) is 75.3 cm³/mol. The van der Waals surface area contributed by atoms with Gasteiger partial charge in [0, 0.05) is 45.8 Å². The van der Waals surface area contributed by atoms with Crippen LogP contribution in [0.25, 0.3) is 0 Å². The van der Waals surface area contributed by atoms with Crippen molar-refractivity contribution in [1.82, 2.24) is 14.7 Å². The van der Waals surface area contributed by atoms with Gasteiger partial charge in [0.15, 0.2) is 0 Å². The smallest absolute Gasteiger partial charge is 0.228 e. The van der Waals surface area contributed by atoms with Gasteiger partial charge in [0.1, 0.15) is 0 Å². The second-order valence-electron chi connectivity index (χ2n) is 5.82. The van der Waals surface area contributed by atoms with Gasteiger partial charge in [-0.3, -0.25) is 9.59 Å². The van der Waals surface area contributed by atoms with Crippen LogP contribution in [0.3, 0.4) is 0 Å². The molecule has 20 heavy (non-hydrogen) atoms. The highest BCUT2D eigenvalue weighted by atomic mass is 16.5. The van der Waals surface area contributed by atoms with E-state index in [2.05, 4.69) is 4.90 Å². The number of carbonyl (C=O) groups is 2. The van der Waals surface area contributed by atoms with Crippen molar-refractivity contribution in [3.63, 3.8) is 0 Å². The first-order valence-electron chi connectivity index (χ1n) is 7.37. The Morgan fingerprint density at radius 1 is 1.35 bits per heavy atom. The minimum absolute atomic E-state index is 0.00146. The highest BCUT2D eigenvalue weighted by molar-refractivity contribution is 5.81.